The maximum absolute atomic E-state index is 12.6. The molecule has 0 aromatic heterocycles. The number of fused-ring (bicyclic) bond motifs is 2. The number of hydrogen-bond acceptors (Lipinski definition) is 5. The number of para-hydroxylation sites is 1. The Labute approximate surface area is 143 Å². The maximum Gasteiger partial charge on any atom is 0.367 e. The van der Waals surface area contributed by atoms with Gasteiger partial charge in [-0.15, -0.1) is 0 Å². The molecule has 6 heteroatoms. The first-order valence-corrected chi connectivity index (χ1v) is 7.86. The second-order valence-electron chi connectivity index (χ2n) is 6.68. The van der Waals surface area contributed by atoms with E-state index in [1.165, 1.54) is 12.1 Å². The van der Waals surface area contributed by atoms with Gasteiger partial charge in [0.15, 0.2) is 0 Å². The molecule has 0 saturated carbocycles. The van der Waals surface area contributed by atoms with Gasteiger partial charge in [-0.3, -0.25) is 9.59 Å². The molecule has 2 aromatic rings. The van der Waals surface area contributed by atoms with Gasteiger partial charge in [-0.05, 0) is 18.2 Å². The minimum absolute atomic E-state index is 0.194. The van der Waals surface area contributed by atoms with Crippen molar-refractivity contribution in [3.05, 3.63) is 64.7 Å². The number of ether oxygens (including phenoxy) is 1. The lowest BCUT2D eigenvalue weighted by Gasteiger charge is -2.16. The highest BCUT2D eigenvalue weighted by molar-refractivity contribution is 6.21. The first-order valence-electron chi connectivity index (χ1n) is 7.86. The molecule has 2 heterocycles. The van der Waals surface area contributed by atoms with Crippen LogP contribution < -0.4 is 4.74 Å². The van der Waals surface area contributed by atoms with Crippen molar-refractivity contribution >= 4 is 17.8 Å². The van der Waals surface area contributed by atoms with Crippen molar-refractivity contribution < 1.29 is 24.0 Å². The maximum atomic E-state index is 12.6. The zero-order valence-electron chi connectivity index (χ0n) is 13.7. The zero-order valence-corrected chi connectivity index (χ0v) is 13.7. The fourth-order valence-corrected chi connectivity index (χ4v) is 3.10. The normalized spacial score (nSPS) is 17.1. The van der Waals surface area contributed by atoms with Gasteiger partial charge >= 0.3 is 5.97 Å². The highest BCUT2D eigenvalue weighted by atomic mass is 16.7. The standard InChI is InChI=1S/C19H15NO5/c1-19(2)10-24-15-13(8-5-9-14(15)19)18(23)25-20-16(21)11-6-3-4-7-12(11)17(20)22/h3-9H,10H2,1-2H3. The third-order valence-electron chi connectivity index (χ3n) is 4.47. The van der Waals surface area contributed by atoms with E-state index < -0.39 is 17.8 Å². The smallest absolute Gasteiger partial charge is 0.367 e. The topological polar surface area (TPSA) is 72.9 Å². The van der Waals surface area contributed by atoms with Crippen LogP contribution in [-0.2, 0) is 10.3 Å². The van der Waals surface area contributed by atoms with Gasteiger partial charge in [0.05, 0.1) is 17.7 Å². The number of carbonyl (C=O) groups is 3. The Morgan fingerprint density at radius 1 is 1.04 bits per heavy atom. The number of imide groups is 1. The van der Waals surface area contributed by atoms with E-state index in [4.69, 9.17) is 9.57 Å². The number of amides is 2. The van der Waals surface area contributed by atoms with Crippen molar-refractivity contribution in [2.45, 2.75) is 19.3 Å². The van der Waals surface area contributed by atoms with E-state index in [0.29, 0.717) is 17.4 Å². The third-order valence-corrected chi connectivity index (χ3v) is 4.47. The first kappa shape index (κ1) is 15.4. The Balaban J connectivity index is 1.64. The van der Waals surface area contributed by atoms with E-state index in [-0.39, 0.29) is 22.1 Å². The number of benzene rings is 2. The second kappa shape index (κ2) is 5.17. The number of carbonyl (C=O) groups excluding carboxylic acids is 3. The molecule has 0 spiro atoms. The molecule has 0 bridgehead atoms. The van der Waals surface area contributed by atoms with E-state index >= 15 is 0 Å². The summed E-state index contributed by atoms with van der Waals surface area (Å²) in [5.41, 5.74) is 1.30. The Kier molecular flexibility index (Phi) is 3.18. The minimum atomic E-state index is -0.802. The molecule has 2 amide bonds. The number of hydrogen-bond donors (Lipinski definition) is 0. The molecule has 0 atom stereocenters. The number of nitrogens with zero attached hydrogens (tertiary/aromatic N) is 1. The largest absolute Gasteiger partial charge is 0.491 e. The summed E-state index contributed by atoms with van der Waals surface area (Å²) in [6.07, 6.45) is 0. The van der Waals surface area contributed by atoms with Gasteiger partial charge in [0, 0.05) is 11.0 Å². The summed E-state index contributed by atoms with van der Waals surface area (Å²) in [6, 6.07) is 11.5. The van der Waals surface area contributed by atoms with Gasteiger partial charge in [0.1, 0.15) is 11.3 Å². The summed E-state index contributed by atoms with van der Waals surface area (Å²) in [5, 5.41) is 0.506. The minimum Gasteiger partial charge on any atom is -0.491 e. The molecule has 25 heavy (non-hydrogen) atoms. The lowest BCUT2D eigenvalue weighted by molar-refractivity contribution is -0.0586. The lowest BCUT2D eigenvalue weighted by Crippen LogP contribution is -2.32. The fourth-order valence-electron chi connectivity index (χ4n) is 3.10. The number of hydroxylamine groups is 2. The van der Waals surface area contributed by atoms with Crippen molar-refractivity contribution in [1.82, 2.24) is 5.06 Å². The SMILES string of the molecule is CC1(C)COc2c(C(=O)ON3C(=O)c4ccccc4C3=O)cccc21. The summed E-state index contributed by atoms with van der Waals surface area (Å²) in [6.45, 7) is 4.47. The van der Waals surface area contributed by atoms with Crippen LogP contribution in [0.2, 0.25) is 0 Å². The monoisotopic (exact) mass is 337 g/mol. The lowest BCUT2D eigenvalue weighted by atomic mass is 9.86. The highest BCUT2D eigenvalue weighted by Gasteiger charge is 2.40. The van der Waals surface area contributed by atoms with Crippen molar-refractivity contribution in [2.75, 3.05) is 6.61 Å². The molecule has 0 unspecified atom stereocenters. The van der Waals surface area contributed by atoms with Gasteiger partial charge in [-0.25, -0.2) is 4.79 Å². The van der Waals surface area contributed by atoms with Gasteiger partial charge in [0.2, 0.25) is 0 Å². The van der Waals surface area contributed by atoms with Crippen LogP contribution in [0.15, 0.2) is 42.5 Å². The van der Waals surface area contributed by atoms with E-state index in [0.717, 1.165) is 5.56 Å². The molecule has 0 saturated heterocycles. The van der Waals surface area contributed by atoms with Crippen LogP contribution in [0.3, 0.4) is 0 Å². The van der Waals surface area contributed by atoms with Crippen molar-refractivity contribution in [3.8, 4) is 5.75 Å². The molecule has 4 rings (SSSR count). The summed E-state index contributed by atoms with van der Waals surface area (Å²) in [7, 11) is 0. The van der Waals surface area contributed by atoms with Gasteiger partial charge in [-0.1, -0.05) is 43.2 Å². The van der Waals surface area contributed by atoms with Crippen LogP contribution in [-0.4, -0.2) is 29.5 Å². The van der Waals surface area contributed by atoms with Crippen LogP contribution in [0.1, 0.15) is 50.5 Å². The van der Waals surface area contributed by atoms with Crippen LogP contribution in [0.5, 0.6) is 5.75 Å². The van der Waals surface area contributed by atoms with Crippen molar-refractivity contribution in [3.63, 3.8) is 0 Å². The van der Waals surface area contributed by atoms with Crippen LogP contribution in [0.25, 0.3) is 0 Å². The van der Waals surface area contributed by atoms with Gasteiger partial charge < -0.3 is 9.57 Å². The molecule has 2 aliphatic rings. The Morgan fingerprint density at radius 3 is 2.32 bits per heavy atom. The van der Waals surface area contributed by atoms with E-state index in [1.54, 1.807) is 24.3 Å². The molecule has 0 fully saturated rings. The Morgan fingerprint density at radius 2 is 1.68 bits per heavy atom. The first-order chi connectivity index (χ1) is 11.9. The number of rotatable bonds is 2. The Hall–Kier alpha value is -3.15. The van der Waals surface area contributed by atoms with Crippen molar-refractivity contribution in [1.29, 1.82) is 0 Å². The van der Waals surface area contributed by atoms with Gasteiger partial charge in [-0.2, -0.15) is 0 Å². The summed E-state index contributed by atoms with van der Waals surface area (Å²) in [4.78, 5) is 42.3. The van der Waals surface area contributed by atoms with Crippen LogP contribution in [0, 0.1) is 0 Å². The molecule has 0 N–H and O–H groups in total. The van der Waals surface area contributed by atoms with Crippen LogP contribution >= 0.6 is 0 Å². The quantitative estimate of drug-likeness (QED) is 0.788. The van der Waals surface area contributed by atoms with E-state index in [9.17, 15) is 14.4 Å². The summed E-state index contributed by atoms with van der Waals surface area (Å²) in [5.74, 6) is -1.66. The van der Waals surface area contributed by atoms with E-state index in [1.807, 2.05) is 19.9 Å². The van der Waals surface area contributed by atoms with Crippen LogP contribution in [0.4, 0.5) is 0 Å². The van der Waals surface area contributed by atoms with Gasteiger partial charge in [0.25, 0.3) is 11.8 Å². The molecular formula is C19H15NO5. The Bertz CT molecular complexity index is 896. The average Bonchev–Trinajstić information content (AvgIpc) is 3.04. The zero-order chi connectivity index (χ0) is 17.8. The molecular weight excluding hydrogens is 322 g/mol. The summed E-state index contributed by atoms with van der Waals surface area (Å²) >= 11 is 0. The predicted molar refractivity (Wildman–Crippen MR) is 87.3 cm³/mol. The van der Waals surface area contributed by atoms with E-state index in [2.05, 4.69) is 0 Å². The van der Waals surface area contributed by atoms with Crippen molar-refractivity contribution in [2.24, 2.45) is 0 Å². The summed E-state index contributed by atoms with van der Waals surface area (Å²) < 4.78 is 5.66. The predicted octanol–water partition coefficient (Wildman–Crippen LogP) is 2.72. The molecule has 0 aliphatic carbocycles. The second-order valence-corrected chi connectivity index (χ2v) is 6.68. The third kappa shape index (κ3) is 2.21. The average molecular weight is 337 g/mol. The molecule has 2 aromatic carbocycles. The fraction of sp³-hybridized carbons (Fsp3) is 0.211. The molecule has 6 nitrogen and oxygen atoms in total. The molecule has 2 aliphatic heterocycles. The highest BCUT2D eigenvalue weighted by Crippen LogP contribution is 2.40. The molecule has 126 valence electrons. The molecule has 0 radical (unpaired) electrons.